The molecule has 5 heteroatoms. The van der Waals surface area contributed by atoms with Crippen LogP contribution in [0.5, 0.6) is 0 Å². The second-order valence-corrected chi connectivity index (χ2v) is 6.59. The van der Waals surface area contributed by atoms with Gasteiger partial charge in [-0.1, -0.05) is 18.2 Å². The number of ether oxygens (including phenoxy) is 1. The summed E-state index contributed by atoms with van der Waals surface area (Å²) < 4.78 is 29.9. The smallest absolute Gasteiger partial charge is 0.182 e. The highest BCUT2D eigenvalue weighted by Gasteiger charge is 2.62. The minimum absolute atomic E-state index is 0.191. The van der Waals surface area contributed by atoms with Crippen LogP contribution in [0.3, 0.4) is 0 Å². The van der Waals surface area contributed by atoms with Crippen molar-refractivity contribution in [1.82, 2.24) is 0 Å². The molecule has 18 heavy (non-hydrogen) atoms. The van der Waals surface area contributed by atoms with Crippen LogP contribution in [0.1, 0.15) is 13.3 Å². The average molecular weight is 265 g/mol. The van der Waals surface area contributed by atoms with Gasteiger partial charge in [0.25, 0.3) is 0 Å². The Morgan fingerprint density at radius 3 is 2.67 bits per heavy atom. The Balaban J connectivity index is 2.23. The maximum absolute atomic E-state index is 12.3. The van der Waals surface area contributed by atoms with E-state index in [0.29, 0.717) is 13.0 Å². The van der Waals surface area contributed by atoms with Gasteiger partial charge in [-0.3, -0.25) is 0 Å². The fourth-order valence-electron chi connectivity index (χ4n) is 2.04. The van der Waals surface area contributed by atoms with Gasteiger partial charge in [-0.15, -0.1) is 0 Å². The van der Waals surface area contributed by atoms with E-state index in [1.807, 2.05) is 6.92 Å². The Labute approximate surface area is 107 Å². The summed E-state index contributed by atoms with van der Waals surface area (Å²) in [6.45, 7) is 2.51. The number of benzene rings is 1. The highest BCUT2D eigenvalue weighted by molar-refractivity contribution is 7.92. The van der Waals surface area contributed by atoms with Gasteiger partial charge in [0.1, 0.15) is 0 Å². The van der Waals surface area contributed by atoms with Crippen molar-refractivity contribution >= 4 is 9.84 Å². The van der Waals surface area contributed by atoms with Crippen LogP contribution in [0.2, 0.25) is 0 Å². The third-order valence-corrected chi connectivity index (χ3v) is 5.53. The molecule has 0 unspecified atom stereocenters. The first kappa shape index (κ1) is 13.1. The Hall–Kier alpha value is -1.38. The van der Waals surface area contributed by atoms with Crippen molar-refractivity contribution in [2.24, 2.45) is 5.41 Å². The largest absolute Gasteiger partial charge is 0.380 e. The summed E-state index contributed by atoms with van der Waals surface area (Å²) in [7, 11) is -3.42. The van der Waals surface area contributed by atoms with Crippen LogP contribution < -0.4 is 0 Å². The highest BCUT2D eigenvalue weighted by Crippen LogP contribution is 2.52. The van der Waals surface area contributed by atoms with Crippen LogP contribution in [-0.2, 0) is 14.6 Å². The number of nitrogens with zero attached hydrogens (tertiary/aromatic N) is 1. The van der Waals surface area contributed by atoms with E-state index in [0.717, 1.165) is 0 Å². The van der Waals surface area contributed by atoms with E-state index in [2.05, 4.69) is 6.07 Å². The highest BCUT2D eigenvalue weighted by atomic mass is 32.2. The second-order valence-electron chi connectivity index (χ2n) is 4.46. The molecule has 96 valence electrons. The first-order valence-corrected chi connectivity index (χ1v) is 7.39. The Bertz CT molecular complexity index is 562. The SMILES string of the molecule is CCOC[C@@]1(C#N)C[C@@H]1S(=O)(=O)c1ccccc1. The van der Waals surface area contributed by atoms with Gasteiger partial charge >= 0.3 is 0 Å². The molecule has 1 aliphatic carbocycles. The van der Waals surface area contributed by atoms with Crippen molar-refractivity contribution in [1.29, 1.82) is 5.26 Å². The number of rotatable bonds is 5. The molecule has 0 saturated heterocycles. The molecule has 0 aliphatic heterocycles. The van der Waals surface area contributed by atoms with Crippen LogP contribution >= 0.6 is 0 Å². The zero-order valence-electron chi connectivity index (χ0n) is 10.2. The molecule has 1 fully saturated rings. The van der Waals surface area contributed by atoms with Gasteiger partial charge in [0.15, 0.2) is 9.84 Å². The van der Waals surface area contributed by atoms with Gasteiger partial charge < -0.3 is 4.74 Å². The van der Waals surface area contributed by atoms with Crippen LogP contribution in [0, 0.1) is 16.7 Å². The summed E-state index contributed by atoms with van der Waals surface area (Å²) in [4.78, 5) is 0.281. The number of sulfone groups is 1. The molecule has 0 spiro atoms. The zero-order valence-corrected chi connectivity index (χ0v) is 11.0. The molecular formula is C13H15NO3S. The van der Waals surface area contributed by atoms with E-state index in [1.54, 1.807) is 30.3 Å². The van der Waals surface area contributed by atoms with Crippen LogP contribution in [0.4, 0.5) is 0 Å². The molecule has 4 nitrogen and oxygen atoms in total. The third-order valence-electron chi connectivity index (χ3n) is 3.24. The van der Waals surface area contributed by atoms with Gasteiger partial charge in [0, 0.05) is 6.61 Å². The molecule has 1 saturated carbocycles. The molecular weight excluding hydrogens is 250 g/mol. The van der Waals surface area contributed by atoms with Crippen molar-refractivity contribution in [2.75, 3.05) is 13.2 Å². The molecule has 0 heterocycles. The lowest BCUT2D eigenvalue weighted by molar-refractivity contribution is 0.119. The molecule has 0 bridgehead atoms. The number of hydrogen-bond acceptors (Lipinski definition) is 4. The van der Waals surface area contributed by atoms with E-state index in [4.69, 9.17) is 10.00 Å². The van der Waals surface area contributed by atoms with Crippen LogP contribution in [-0.4, -0.2) is 26.9 Å². The lowest BCUT2D eigenvalue weighted by atomic mass is 10.1. The molecule has 2 atom stereocenters. The van der Waals surface area contributed by atoms with E-state index in [9.17, 15) is 8.42 Å². The van der Waals surface area contributed by atoms with E-state index in [-0.39, 0.29) is 11.5 Å². The molecule has 0 radical (unpaired) electrons. The normalized spacial score (nSPS) is 26.6. The van der Waals surface area contributed by atoms with Gasteiger partial charge in [0.2, 0.25) is 0 Å². The summed E-state index contributed by atoms with van der Waals surface area (Å²) in [5.41, 5.74) is -0.856. The minimum atomic E-state index is -3.42. The molecule has 0 aromatic heterocycles. The summed E-state index contributed by atoms with van der Waals surface area (Å²) in [6.07, 6.45) is 0.362. The minimum Gasteiger partial charge on any atom is -0.380 e. The monoisotopic (exact) mass is 265 g/mol. The third kappa shape index (κ3) is 2.14. The van der Waals surface area contributed by atoms with Gasteiger partial charge in [-0.05, 0) is 25.5 Å². The Morgan fingerprint density at radius 2 is 2.11 bits per heavy atom. The molecule has 1 aliphatic rings. The Kier molecular flexibility index (Phi) is 3.42. The van der Waals surface area contributed by atoms with Crippen molar-refractivity contribution in [2.45, 2.75) is 23.5 Å². The molecule has 0 amide bonds. The second kappa shape index (κ2) is 4.71. The summed E-state index contributed by atoms with van der Waals surface area (Å²) in [5, 5.41) is 8.53. The van der Waals surface area contributed by atoms with Crippen molar-refractivity contribution < 1.29 is 13.2 Å². The summed E-state index contributed by atoms with van der Waals surface area (Å²) >= 11 is 0. The maximum atomic E-state index is 12.3. The van der Waals surface area contributed by atoms with E-state index < -0.39 is 20.5 Å². The first-order chi connectivity index (χ1) is 8.57. The fourth-order valence-corrected chi connectivity index (χ4v) is 4.14. The zero-order chi connectivity index (χ0) is 13.2. The Morgan fingerprint density at radius 1 is 1.44 bits per heavy atom. The topological polar surface area (TPSA) is 67.2 Å². The number of nitriles is 1. The lowest BCUT2D eigenvalue weighted by Crippen LogP contribution is -2.19. The van der Waals surface area contributed by atoms with Crippen molar-refractivity contribution in [3.63, 3.8) is 0 Å². The molecule has 0 N–H and O–H groups in total. The molecule has 2 rings (SSSR count). The van der Waals surface area contributed by atoms with Crippen LogP contribution in [0.15, 0.2) is 35.2 Å². The summed E-state index contributed by atoms with van der Waals surface area (Å²) in [6, 6.07) is 10.4. The predicted molar refractivity (Wildman–Crippen MR) is 66.6 cm³/mol. The first-order valence-electron chi connectivity index (χ1n) is 5.85. The van der Waals surface area contributed by atoms with E-state index in [1.165, 1.54) is 0 Å². The van der Waals surface area contributed by atoms with Gasteiger partial charge in [-0.2, -0.15) is 5.26 Å². The van der Waals surface area contributed by atoms with Gasteiger partial charge in [0.05, 0.1) is 28.2 Å². The standard InChI is InChI=1S/C13H15NO3S/c1-2-17-10-13(9-14)8-12(13)18(15,16)11-6-4-3-5-7-11/h3-7,12H,2,8,10H2,1H3/t12-,13-/m0/s1. The molecule has 1 aromatic carbocycles. The van der Waals surface area contributed by atoms with E-state index >= 15 is 0 Å². The molecule has 1 aromatic rings. The predicted octanol–water partition coefficient (Wildman–Crippen LogP) is 1.78. The quantitative estimate of drug-likeness (QED) is 0.814. The fraction of sp³-hybridized carbons (Fsp3) is 0.462. The lowest BCUT2D eigenvalue weighted by Gasteiger charge is -2.09. The summed E-state index contributed by atoms with van der Waals surface area (Å²) in [5.74, 6) is 0. The van der Waals surface area contributed by atoms with Crippen LogP contribution in [0.25, 0.3) is 0 Å². The maximum Gasteiger partial charge on any atom is 0.182 e. The van der Waals surface area contributed by atoms with Gasteiger partial charge in [-0.25, -0.2) is 8.42 Å². The average Bonchev–Trinajstić information content (AvgIpc) is 3.14. The van der Waals surface area contributed by atoms with Crippen molar-refractivity contribution in [3.05, 3.63) is 30.3 Å². The van der Waals surface area contributed by atoms with Crippen molar-refractivity contribution in [3.8, 4) is 6.07 Å². The number of hydrogen-bond donors (Lipinski definition) is 0.